The molecule has 1 saturated heterocycles. The number of hydrogen-bond donors (Lipinski definition) is 1. The number of amides is 1. The molecule has 0 aromatic heterocycles. The van der Waals surface area contributed by atoms with Gasteiger partial charge in [-0.3, -0.25) is 4.79 Å². The summed E-state index contributed by atoms with van der Waals surface area (Å²) in [7, 11) is 3.53. The van der Waals surface area contributed by atoms with Gasteiger partial charge in [0.25, 0.3) is 5.91 Å². The van der Waals surface area contributed by atoms with E-state index in [-0.39, 0.29) is 5.91 Å². The Morgan fingerprint density at radius 3 is 2.73 bits per heavy atom. The van der Waals surface area contributed by atoms with Crippen LogP contribution >= 0.6 is 0 Å². The molecule has 0 aromatic rings. The van der Waals surface area contributed by atoms with E-state index in [2.05, 4.69) is 5.32 Å². The molecule has 15 heavy (non-hydrogen) atoms. The number of methoxy groups -OCH3 is 1. The van der Waals surface area contributed by atoms with Gasteiger partial charge in [0, 0.05) is 26.2 Å². The molecule has 1 rings (SSSR count). The molecule has 0 radical (unpaired) electrons. The van der Waals surface area contributed by atoms with Gasteiger partial charge in [-0.2, -0.15) is 0 Å². The molecule has 1 aliphatic heterocycles. The van der Waals surface area contributed by atoms with Crippen LogP contribution in [0.3, 0.4) is 0 Å². The lowest BCUT2D eigenvalue weighted by Crippen LogP contribution is -2.53. The summed E-state index contributed by atoms with van der Waals surface area (Å²) in [5.74, 6) is 0.0879. The SMILES string of the molecule is CNC1CCCN(C(=O)C(C)(C)OC)C1. The number of rotatable bonds is 3. The van der Waals surface area contributed by atoms with Crippen LogP contribution in [0.15, 0.2) is 0 Å². The minimum absolute atomic E-state index is 0.0879. The first-order valence-electron chi connectivity index (χ1n) is 5.53. The fourth-order valence-corrected chi connectivity index (χ4v) is 1.87. The van der Waals surface area contributed by atoms with Crippen molar-refractivity contribution in [3.8, 4) is 0 Å². The van der Waals surface area contributed by atoms with Crippen molar-refractivity contribution >= 4 is 5.91 Å². The zero-order valence-corrected chi connectivity index (χ0v) is 10.2. The first-order chi connectivity index (χ1) is 7.01. The Morgan fingerprint density at radius 2 is 2.20 bits per heavy atom. The van der Waals surface area contributed by atoms with Crippen LogP contribution in [0.25, 0.3) is 0 Å². The molecule has 4 heteroatoms. The maximum absolute atomic E-state index is 12.1. The van der Waals surface area contributed by atoms with Crippen LogP contribution in [0.2, 0.25) is 0 Å². The number of likely N-dealkylation sites (tertiary alicyclic amines) is 1. The van der Waals surface area contributed by atoms with Gasteiger partial charge in [-0.1, -0.05) is 0 Å². The smallest absolute Gasteiger partial charge is 0.254 e. The first-order valence-corrected chi connectivity index (χ1v) is 5.53. The van der Waals surface area contributed by atoms with E-state index >= 15 is 0 Å². The van der Waals surface area contributed by atoms with Crippen molar-refractivity contribution in [2.45, 2.75) is 38.3 Å². The summed E-state index contributed by atoms with van der Waals surface area (Å²) in [5, 5.41) is 3.22. The van der Waals surface area contributed by atoms with Crippen molar-refractivity contribution in [1.29, 1.82) is 0 Å². The molecule has 1 atom stereocenters. The molecule has 1 heterocycles. The molecule has 0 aromatic carbocycles. The molecular formula is C11H22N2O2. The van der Waals surface area contributed by atoms with Crippen molar-refractivity contribution in [2.75, 3.05) is 27.2 Å². The number of carbonyl (C=O) groups is 1. The number of piperidine rings is 1. The van der Waals surface area contributed by atoms with E-state index in [0.29, 0.717) is 6.04 Å². The minimum Gasteiger partial charge on any atom is -0.369 e. The number of hydrogen-bond acceptors (Lipinski definition) is 3. The number of likely N-dealkylation sites (N-methyl/N-ethyl adjacent to an activating group) is 1. The Bertz CT molecular complexity index is 229. The highest BCUT2D eigenvalue weighted by atomic mass is 16.5. The third-order valence-electron chi connectivity index (χ3n) is 3.14. The average molecular weight is 214 g/mol. The highest BCUT2D eigenvalue weighted by Crippen LogP contribution is 2.17. The fraction of sp³-hybridized carbons (Fsp3) is 0.909. The van der Waals surface area contributed by atoms with Crippen LogP contribution in [0, 0.1) is 0 Å². The number of nitrogens with one attached hydrogen (secondary N) is 1. The Kier molecular flexibility index (Phi) is 4.11. The molecule has 1 aliphatic rings. The lowest BCUT2D eigenvalue weighted by atomic mass is 10.0. The zero-order valence-electron chi connectivity index (χ0n) is 10.2. The van der Waals surface area contributed by atoms with Gasteiger partial charge < -0.3 is 15.0 Å². The van der Waals surface area contributed by atoms with Gasteiger partial charge in [0.1, 0.15) is 5.60 Å². The first kappa shape index (κ1) is 12.5. The Hall–Kier alpha value is -0.610. The van der Waals surface area contributed by atoms with Gasteiger partial charge in [-0.15, -0.1) is 0 Å². The molecule has 1 fully saturated rings. The van der Waals surface area contributed by atoms with E-state index in [0.717, 1.165) is 25.9 Å². The van der Waals surface area contributed by atoms with Crippen molar-refractivity contribution in [3.63, 3.8) is 0 Å². The summed E-state index contributed by atoms with van der Waals surface area (Å²) in [6.45, 7) is 5.28. The van der Waals surface area contributed by atoms with Gasteiger partial charge in [0.15, 0.2) is 0 Å². The Morgan fingerprint density at radius 1 is 1.53 bits per heavy atom. The maximum Gasteiger partial charge on any atom is 0.254 e. The summed E-state index contributed by atoms with van der Waals surface area (Å²) in [4.78, 5) is 14.0. The van der Waals surface area contributed by atoms with Gasteiger partial charge in [0.05, 0.1) is 0 Å². The molecule has 1 amide bonds. The normalized spacial score (nSPS) is 22.9. The summed E-state index contributed by atoms with van der Waals surface area (Å²) < 4.78 is 5.21. The second-order valence-corrected chi connectivity index (χ2v) is 4.59. The molecule has 0 bridgehead atoms. The molecule has 0 saturated carbocycles. The zero-order chi connectivity index (χ0) is 11.5. The van der Waals surface area contributed by atoms with E-state index in [9.17, 15) is 4.79 Å². The minimum atomic E-state index is -0.699. The van der Waals surface area contributed by atoms with E-state index in [1.807, 2.05) is 25.8 Å². The summed E-state index contributed by atoms with van der Waals surface area (Å²) >= 11 is 0. The largest absolute Gasteiger partial charge is 0.369 e. The van der Waals surface area contributed by atoms with Crippen molar-refractivity contribution in [2.24, 2.45) is 0 Å². The van der Waals surface area contributed by atoms with Gasteiger partial charge >= 0.3 is 0 Å². The molecule has 0 spiro atoms. The predicted octanol–water partition coefficient (Wildman–Crippen LogP) is 0.622. The van der Waals surface area contributed by atoms with Gasteiger partial charge in [0.2, 0.25) is 0 Å². The number of nitrogens with zero attached hydrogens (tertiary/aromatic N) is 1. The van der Waals surface area contributed by atoms with Crippen LogP contribution in [-0.2, 0) is 9.53 Å². The monoisotopic (exact) mass is 214 g/mol. The highest BCUT2D eigenvalue weighted by molar-refractivity contribution is 5.84. The van der Waals surface area contributed by atoms with Crippen molar-refractivity contribution in [3.05, 3.63) is 0 Å². The van der Waals surface area contributed by atoms with Gasteiger partial charge in [-0.25, -0.2) is 0 Å². The van der Waals surface area contributed by atoms with Crippen LogP contribution in [0.4, 0.5) is 0 Å². The second kappa shape index (κ2) is 4.94. The van der Waals surface area contributed by atoms with Crippen molar-refractivity contribution < 1.29 is 9.53 Å². The maximum atomic E-state index is 12.1. The Balaban J connectivity index is 2.60. The topological polar surface area (TPSA) is 41.6 Å². The van der Waals surface area contributed by atoms with E-state index in [4.69, 9.17) is 4.74 Å². The fourth-order valence-electron chi connectivity index (χ4n) is 1.87. The molecule has 0 aliphatic carbocycles. The predicted molar refractivity (Wildman–Crippen MR) is 59.7 cm³/mol. The van der Waals surface area contributed by atoms with Crippen LogP contribution in [0.1, 0.15) is 26.7 Å². The van der Waals surface area contributed by atoms with Gasteiger partial charge in [-0.05, 0) is 33.7 Å². The highest BCUT2D eigenvalue weighted by Gasteiger charge is 2.33. The van der Waals surface area contributed by atoms with Crippen LogP contribution in [0.5, 0.6) is 0 Å². The van der Waals surface area contributed by atoms with Crippen LogP contribution < -0.4 is 5.32 Å². The average Bonchev–Trinajstić information content (AvgIpc) is 2.28. The summed E-state index contributed by atoms with van der Waals surface area (Å²) in [5.41, 5.74) is -0.699. The standard InChI is InChI=1S/C11H22N2O2/c1-11(2,15-4)10(14)13-7-5-6-9(8-13)12-3/h9,12H,5-8H2,1-4H3. The van der Waals surface area contributed by atoms with Crippen LogP contribution in [-0.4, -0.2) is 49.7 Å². The third kappa shape index (κ3) is 2.92. The molecule has 1 unspecified atom stereocenters. The molecule has 4 nitrogen and oxygen atoms in total. The quantitative estimate of drug-likeness (QED) is 0.749. The molecular weight excluding hydrogens is 192 g/mol. The molecule has 88 valence electrons. The van der Waals surface area contributed by atoms with Crippen molar-refractivity contribution in [1.82, 2.24) is 10.2 Å². The van der Waals surface area contributed by atoms with E-state index in [1.54, 1.807) is 7.11 Å². The second-order valence-electron chi connectivity index (χ2n) is 4.59. The Labute approximate surface area is 92.0 Å². The summed E-state index contributed by atoms with van der Waals surface area (Å²) in [6, 6.07) is 0.426. The third-order valence-corrected chi connectivity index (χ3v) is 3.14. The lowest BCUT2D eigenvalue weighted by molar-refractivity contribution is -0.152. The molecule has 1 N–H and O–H groups in total. The lowest BCUT2D eigenvalue weighted by Gasteiger charge is -2.36. The van der Waals surface area contributed by atoms with E-state index < -0.39 is 5.60 Å². The van der Waals surface area contributed by atoms with E-state index in [1.165, 1.54) is 0 Å². The number of carbonyl (C=O) groups excluding carboxylic acids is 1. The number of ether oxygens (including phenoxy) is 1. The summed E-state index contributed by atoms with van der Waals surface area (Å²) in [6.07, 6.45) is 2.21.